The second-order valence-electron chi connectivity index (χ2n) is 5.46. The molecule has 0 unspecified atom stereocenters. The summed E-state index contributed by atoms with van der Waals surface area (Å²) in [5, 5.41) is 13.8. The number of hydrogen-bond donors (Lipinski definition) is 0. The van der Waals surface area contributed by atoms with Crippen molar-refractivity contribution in [1.29, 1.82) is 5.26 Å². The van der Waals surface area contributed by atoms with E-state index in [9.17, 15) is 10.1 Å². The Morgan fingerprint density at radius 3 is 2.42 bits per heavy atom. The maximum absolute atomic E-state index is 11.9. The first-order valence-electron chi connectivity index (χ1n) is 8.22. The first-order chi connectivity index (χ1) is 12.7. The lowest BCUT2D eigenvalue weighted by atomic mass is 10.1. The third-order valence-electron chi connectivity index (χ3n) is 3.71. The molecule has 0 bridgehead atoms. The number of carbonyl (C=O) groups excluding carboxylic acids is 1. The summed E-state index contributed by atoms with van der Waals surface area (Å²) in [6, 6.07) is 23.2. The van der Waals surface area contributed by atoms with Crippen LogP contribution in [-0.4, -0.2) is 22.4 Å². The number of esters is 1. The predicted octanol–water partition coefficient (Wildman–Crippen LogP) is 4.01. The molecule has 1 aromatic heterocycles. The zero-order valence-corrected chi connectivity index (χ0v) is 14.3. The maximum Gasteiger partial charge on any atom is 0.348 e. The Morgan fingerprint density at radius 1 is 1.15 bits per heavy atom. The first kappa shape index (κ1) is 17.2. The van der Waals surface area contributed by atoms with Gasteiger partial charge in [0, 0.05) is 5.56 Å². The van der Waals surface area contributed by atoms with Crippen molar-refractivity contribution in [3.8, 4) is 23.0 Å². The van der Waals surface area contributed by atoms with Crippen molar-refractivity contribution in [2.75, 3.05) is 6.61 Å². The van der Waals surface area contributed by atoms with Crippen LogP contribution in [0.4, 0.5) is 0 Å². The van der Waals surface area contributed by atoms with E-state index in [0.29, 0.717) is 5.69 Å². The largest absolute Gasteiger partial charge is 0.462 e. The summed E-state index contributed by atoms with van der Waals surface area (Å²) in [5.74, 6) is -0.648. The van der Waals surface area contributed by atoms with Crippen molar-refractivity contribution >= 4 is 12.0 Å². The van der Waals surface area contributed by atoms with Gasteiger partial charge in [-0.25, -0.2) is 9.48 Å². The lowest BCUT2D eigenvalue weighted by molar-refractivity contribution is -0.137. The second-order valence-corrected chi connectivity index (χ2v) is 5.46. The van der Waals surface area contributed by atoms with Crippen molar-refractivity contribution in [1.82, 2.24) is 9.78 Å². The van der Waals surface area contributed by atoms with Crippen LogP contribution in [0.5, 0.6) is 0 Å². The van der Waals surface area contributed by atoms with E-state index in [-0.39, 0.29) is 12.2 Å². The number of carbonyl (C=O) groups is 1. The van der Waals surface area contributed by atoms with Crippen LogP contribution < -0.4 is 0 Å². The molecule has 0 N–H and O–H groups in total. The van der Waals surface area contributed by atoms with Gasteiger partial charge >= 0.3 is 5.97 Å². The molecule has 1 heterocycles. The quantitative estimate of drug-likeness (QED) is 0.399. The van der Waals surface area contributed by atoms with Crippen LogP contribution in [0.3, 0.4) is 0 Å². The van der Waals surface area contributed by atoms with Crippen molar-refractivity contribution in [2.24, 2.45) is 0 Å². The molecule has 0 atom stereocenters. The van der Waals surface area contributed by atoms with Gasteiger partial charge in [0.2, 0.25) is 0 Å². The Balaban J connectivity index is 2.11. The number of nitrogens with zero attached hydrogens (tertiary/aromatic N) is 3. The highest BCUT2D eigenvalue weighted by Gasteiger charge is 2.14. The highest BCUT2D eigenvalue weighted by Crippen LogP contribution is 2.25. The van der Waals surface area contributed by atoms with E-state index in [1.165, 1.54) is 6.08 Å². The minimum atomic E-state index is -0.648. The van der Waals surface area contributed by atoms with E-state index in [2.05, 4.69) is 5.10 Å². The standard InChI is InChI=1S/C21H17N3O2/c1-2-26-21(25)17(15-22)13-18-14-20(16-9-5-3-6-10-16)24(23-18)19-11-7-4-8-12-19/h3-14H,2H2,1H3/b17-13-. The average molecular weight is 343 g/mol. The molecule has 0 saturated carbocycles. The zero-order valence-electron chi connectivity index (χ0n) is 14.3. The number of rotatable bonds is 5. The molecule has 0 saturated heterocycles. The molecule has 0 spiro atoms. The van der Waals surface area contributed by atoms with E-state index in [4.69, 9.17) is 4.74 Å². The number of para-hydroxylation sites is 1. The van der Waals surface area contributed by atoms with E-state index >= 15 is 0 Å². The molecule has 0 radical (unpaired) electrons. The smallest absolute Gasteiger partial charge is 0.348 e. The van der Waals surface area contributed by atoms with Gasteiger partial charge in [-0.3, -0.25) is 0 Å². The lowest BCUT2D eigenvalue weighted by Crippen LogP contribution is -2.06. The Kier molecular flexibility index (Phi) is 5.25. The molecule has 0 aliphatic rings. The molecule has 0 fully saturated rings. The predicted molar refractivity (Wildman–Crippen MR) is 99.2 cm³/mol. The van der Waals surface area contributed by atoms with Gasteiger partial charge in [0.15, 0.2) is 0 Å². The molecular weight excluding hydrogens is 326 g/mol. The molecule has 5 heteroatoms. The number of aromatic nitrogens is 2. The molecule has 0 amide bonds. The summed E-state index contributed by atoms with van der Waals surface area (Å²) < 4.78 is 6.70. The van der Waals surface area contributed by atoms with Gasteiger partial charge in [-0.1, -0.05) is 48.5 Å². The lowest BCUT2D eigenvalue weighted by Gasteiger charge is -2.07. The minimum absolute atomic E-state index is 0.0795. The first-order valence-corrected chi connectivity index (χ1v) is 8.22. The summed E-state index contributed by atoms with van der Waals surface area (Å²) in [4.78, 5) is 11.9. The number of hydrogen-bond acceptors (Lipinski definition) is 4. The number of nitriles is 1. The molecule has 2 aromatic carbocycles. The van der Waals surface area contributed by atoms with E-state index in [0.717, 1.165) is 16.9 Å². The Hall–Kier alpha value is -3.65. The van der Waals surface area contributed by atoms with Gasteiger partial charge in [-0.05, 0) is 31.2 Å². The molecular formula is C21H17N3O2. The Labute approximate surface area is 151 Å². The molecule has 0 aliphatic heterocycles. The summed E-state index contributed by atoms with van der Waals surface area (Å²) in [6.45, 7) is 1.91. The second kappa shape index (κ2) is 7.95. The highest BCUT2D eigenvalue weighted by atomic mass is 16.5. The average Bonchev–Trinajstić information content (AvgIpc) is 3.11. The van der Waals surface area contributed by atoms with Gasteiger partial charge in [-0.2, -0.15) is 10.4 Å². The zero-order chi connectivity index (χ0) is 18.4. The van der Waals surface area contributed by atoms with Crippen molar-refractivity contribution in [3.63, 3.8) is 0 Å². The normalized spacial score (nSPS) is 11.0. The molecule has 26 heavy (non-hydrogen) atoms. The van der Waals surface area contributed by atoms with Gasteiger partial charge in [0.05, 0.1) is 23.7 Å². The summed E-state index contributed by atoms with van der Waals surface area (Å²) in [7, 11) is 0. The molecule has 0 aliphatic carbocycles. The van der Waals surface area contributed by atoms with Crippen molar-refractivity contribution in [2.45, 2.75) is 6.92 Å². The van der Waals surface area contributed by atoms with Crippen LogP contribution in [0.15, 0.2) is 72.3 Å². The SMILES string of the molecule is CCOC(=O)/C(C#N)=C\c1cc(-c2ccccc2)n(-c2ccccc2)n1. The molecule has 128 valence electrons. The number of ether oxygens (including phenoxy) is 1. The third-order valence-corrected chi connectivity index (χ3v) is 3.71. The fourth-order valence-electron chi connectivity index (χ4n) is 2.54. The maximum atomic E-state index is 11.9. The van der Waals surface area contributed by atoms with Crippen LogP contribution in [0.25, 0.3) is 23.0 Å². The van der Waals surface area contributed by atoms with Crippen LogP contribution >= 0.6 is 0 Å². The number of benzene rings is 2. The highest BCUT2D eigenvalue weighted by molar-refractivity contribution is 5.97. The molecule has 3 aromatic rings. The van der Waals surface area contributed by atoms with Crippen LogP contribution in [0, 0.1) is 11.3 Å². The van der Waals surface area contributed by atoms with E-state index < -0.39 is 5.97 Å². The van der Waals surface area contributed by atoms with Crippen molar-refractivity contribution in [3.05, 3.63) is 78.0 Å². The fourth-order valence-corrected chi connectivity index (χ4v) is 2.54. The van der Waals surface area contributed by atoms with Gasteiger partial charge in [0.25, 0.3) is 0 Å². The Bertz CT molecular complexity index is 910. The van der Waals surface area contributed by atoms with Crippen molar-refractivity contribution < 1.29 is 9.53 Å². The fraction of sp³-hybridized carbons (Fsp3) is 0.0952. The van der Waals surface area contributed by atoms with Crippen LogP contribution in [0.2, 0.25) is 0 Å². The molecule has 3 rings (SSSR count). The van der Waals surface area contributed by atoms with Crippen LogP contribution in [0.1, 0.15) is 12.6 Å². The third kappa shape index (κ3) is 3.70. The monoisotopic (exact) mass is 343 g/mol. The van der Waals surface area contributed by atoms with Crippen LogP contribution in [-0.2, 0) is 9.53 Å². The topological polar surface area (TPSA) is 67.9 Å². The molecule has 5 nitrogen and oxygen atoms in total. The minimum Gasteiger partial charge on any atom is -0.462 e. The van der Waals surface area contributed by atoms with E-state index in [1.54, 1.807) is 11.6 Å². The van der Waals surface area contributed by atoms with E-state index in [1.807, 2.05) is 72.8 Å². The summed E-state index contributed by atoms with van der Waals surface area (Å²) in [6.07, 6.45) is 1.45. The van der Waals surface area contributed by atoms with Gasteiger partial charge in [-0.15, -0.1) is 0 Å². The Morgan fingerprint density at radius 2 is 1.81 bits per heavy atom. The summed E-state index contributed by atoms with van der Waals surface area (Å²) >= 11 is 0. The van der Waals surface area contributed by atoms with Gasteiger partial charge in [0.1, 0.15) is 11.6 Å². The summed E-state index contributed by atoms with van der Waals surface area (Å²) in [5.41, 5.74) is 3.17. The van der Waals surface area contributed by atoms with Gasteiger partial charge < -0.3 is 4.74 Å².